The van der Waals surface area contributed by atoms with Gasteiger partial charge in [-0.3, -0.25) is 4.68 Å². The molecule has 8 heteroatoms. The van der Waals surface area contributed by atoms with Gasteiger partial charge in [-0.25, -0.2) is 17.4 Å². The van der Waals surface area contributed by atoms with Crippen LogP contribution in [0.4, 0.5) is 0 Å². The lowest BCUT2D eigenvalue weighted by Gasteiger charge is -2.36. The number of methoxy groups -OCH3 is 1. The zero-order valence-electron chi connectivity index (χ0n) is 27.2. The number of aromatic nitrogens is 4. The highest BCUT2D eigenvalue weighted by molar-refractivity contribution is 7.90. The molecule has 0 saturated heterocycles. The molecule has 0 aliphatic heterocycles. The molecule has 0 unspecified atom stereocenters. The minimum atomic E-state index is -3.98. The van der Waals surface area contributed by atoms with E-state index >= 15 is 0 Å². The third kappa shape index (κ3) is 5.17. The van der Waals surface area contributed by atoms with Gasteiger partial charge in [0.25, 0.3) is 10.0 Å². The second-order valence-electron chi connectivity index (χ2n) is 12.0. The monoisotopic (exact) mass is 672 g/mol. The van der Waals surface area contributed by atoms with E-state index in [4.69, 9.17) is 14.8 Å². The highest BCUT2D eigenvalue weighted by Gasteiger charge is 2.39. The van der Waals surface area contributed by atoms with Gasteiger partial charge in [0.15, 0.2) is 5.65 Å². The van der Waals surface area contributed by atoms with Crippen LogP contribution in [-0.2, 0) is 15.6 Å². The second kappa shape index (κ2) is 12.7. The lowest BCUT2D eigenvalue weighted by molar-refractivity contribution is 0.415. The minimum absolute atomic E-state index is 0.177. The van der Waals surface area contributed by atoms with Crippen molar-refractivity contribution in [1.29, 1.82) is 0 Å². The number of ether oxygens (including phenoxy) is 1. The molecular formula is C42H32N4O3S. The molecule has 0 fully saturated rings. The zero-order chi connectivity index (χ0) is 34.1. The van der Waals surface area contributed by atoms with Gasteiger partial charge in [-0.15, -0.1) is 0 Å². The van der Waals surface area contributed by atoms with Crippen molar-refractivity contribution in [3.05, 3.63) is 193 Å². The lowest BCUT2D eigenvalue weighted by atomic mass is 9.77. The van der Waals surface area contributed by atoms with Crippen LogP contribution in [0.2, 0.25) is 0 Å². The van der Waals surface area contributed by atoms with Crippen LogP contribution in [0.5, 0.6) is 5.75 Å². The number of rotatable bonds is 9. The molecule has 0 bridgehead atoms. The van der Waals surface area contributed by atoms with Gasteiger partial charge in [0, 0.05) is 40.7 Å². The van der Waals surface area contributed by atoms with Gasteiger partial charge in [0.1, 0.15) is 11.3 Å². The molecule has 50 heavy (non-hydrogen) atoms. The van der Waals surface area contributed by atoms with Crippen molar-refractivity contribution in [2.24, 2.45) is 0 Å². The van der Waals surface area contributed by atoms with E-state index in [0.717, 1.165) is 39.1 Å². The van der Waals surface area contributed by atoms with Crippen molar-refractivity contribution >= 4 is 21.1 Å². The zero-order valence-corrected chi connectivity index (χ0v) is 28.0. The molecule has 0 spiro atoms. The van der Waals surface area contributed by atoms with Gasteiger partial charge in [0.05, 0.1) is 18.2 Å². The minimum Gasteiger partial charge on any atom is -0.497 e. The van der Waals surface area contributed by atoms with Gasteiger partial charge >= 0.3 is 0 Å². The number of fused-ring (bicyclic) bond motifs is 1. The Morgan fingerprint density at radius 2 is 1.14 bits per heavy atom. The Balaban J connectivity index is 1.38. The van der Waals surface area contributed by atoms with Crippen LogP contribution >= 0.6 is 0 Å². The first kappa shape index (κ1) is 31.0. The maximum absolute atomic E-state index is 14.1. The van der Waals surface area contributed by atoms with E-state index in [9.17, 15) is 8.42 Å². The summed E-state index contributed by atoms with van der Waals surface area (Å²) in [5.41, 5.74) is 5.80. The molecule has 0 N–H and O–H groups in total. The van der Waals surface area contributed by atoms with Crippen LogP contribution in [0, 0.1) is 0 Å². The maximum Gasteiger partial charge on any atom is 0.269 e. The van der Waals surface area contributed by atoms with Crippen molar-refractivity contribution in [2.75, 3.05) is 7.11 Å². The van der Waals surface area contributed by atoms with Crippen molar-refractivity contribution in [3.63, 3.8) is 0 Å². The van der Waals surface area contributed by atoms with Gasteiger partial charge in [-0.2, -0.15) is 5.10 Å². The summed E-state index contributed by atoms with van der Waals surface area (Å²) in [4.78, 5) is 4.94. The third-order valence-electron chi connectivity index (χ3n) is 9.15. The maximum atomic E-state index is 14.1. The van der Waals surface area contributed by atoms with E-state index in [-0.39, 0.29) is 4.90 Å². The molecule has 0 aliphatic carbocycles. The fourth-order valence-corrected chi connectivity index (χ4v) is 8.07. The fourth-order valence-electron chi connectivity index (χ4n) is 6.72. The third-order valence-corrected chi connectivity index (χ3v) is 10.8. The van der Waals surface area contributed by atoms with Crippen LogP contribution < -0.4 is 4.74 Å². The van der Waals surface area contributed by atoms with Crippen molar-refractivity contribution in [2.45, 2.75) is 10.4 Å². The number of hydrogen-bond acceptors (Lipinski definition) is 5. The normalized spacial score (nSPS) is 11.9. The Hall–Kier alpha value is -6.25. The largest absolute Gasteiger partial charge is 0.497 e. The molecule has 8 aromatic rings. The molecular weight excluding hydrogens is 641 g/mol. The highest BCUT2D eigenvalue weighted by Crippen LogP contribution is 2.42. The number of benzene rings is 5. The van der Waals surface area contributed by atoms with Gasteiger partial charge in [0.2, 0.25) is 0 Å². The topological polar surface area (TPSA) is 79.0 Å². The molecule has 0 aliphatic rings. The van der Waals surface area contributed by atoms with Crippen molar-refractivity contribution < 1.29 is 13.2 Å². The lowest BCUT2D eigenvalue weighted by Crippen LogP contribution is -2.38. The first-order valence-corrected chi connectivity index (χ1v) is 17.6. The summed E-state index contributed by atoms with van der Waals surface area (Å²) >= 11 is 0. The van der Waals surface area contributed by atoms with Crippen LogP contribution in [0.1, 0.15) is 16.7 Å². The van der Waals surface area contributed by atoms with Crippen molar-refractivity contribution in [3.8, 4) is 28.0 Å². The van der Waals surface area contributed by atoms with E-state index in [2.05, 4.69) is 36.4 Å². The average molecular weight is 673 g/mol. The summed E-state index contributed by atoms with van der Waals surface area (Å²) in [5.74, 6) is 0.745. The fraction of sp³-hybridized carbons (Fsp3) is 0.0476. The Labute approximate surface area is 290 Å². The van der Waals surface area contributed by atoms with Gasteiger partial charge in [-0.05, 0) is 52.6 Å². The average Bonchev–Trinajstić information content (AvgIpc) is 3.83. The van der Waals surface area contributed by atoms with Crippen LogP contribution in [0.3, 0.4) is 0 Å². The van der Waals surface area contributed by atoms with Crippen molar-refractivity contribution in [1.82, 2.24) is 18.7 Å². The Morgan fingerprint density at radius 1 is 0.600 bits per heavy atom. The standard InChI is InChI=1S/C42H32N4O3S/c1-49-37-24-22-31(23-25-37)32-26-39-40(30-45(41(39)43-27-32)50(47,48)38-20-12-5-13-21-38)33-28-44-46(29-33)42(34-14-6-2-7-15-34,35-16-8-3-9-17-35)36-18-10-4-11-19-36/h2-30H,1H3. The Morgan fingerprint density at radius 3 is 1.68 bits per heavy atom. The molecule has 7 nitrogen and oxygen atoms in total. The number of pyridine rings is 1. The van der Waals surface area contributed by atoms with E-state index in [1.165, 1.54) is 3.97 Å². The van der Waals surface area contributed by atoms with Crippen LogP contribution in [-0.4, -0.2) is 34.3 Å². The summed E-state index contributed by atoms with van der Waals surface area (Å²) in [6.07, 6.45) is 7.17. The van der Waals surface area contributed by atoms with E-state index < -0.39 is 15.6 Å². The van der Waals surface area contributed by atoms with Crippen LogP contribution in [0.25, 0.3) is 33.3 Å². The van der Waals surface area contributed by atoms with Crippen LogP contribution in [0.15, 0.2) is 181 Å². The summed E-state index contributed by atoms with van der Waals surface area (Å²) < 4.78 is 36.9. The number of hydrogen-bond donors (Lipinski definition) is 0. The summed E-state index contributed by atoms with van der Waals surface area (Å²) in [7, 11) is -2.35. The molecule has 0 saturated carbocycles. The molecule has 8 rings (SSSR count). The quantitative estimate of drug-likeness (QED) is 0.144. The molecule has 0 amide bonds. The SMILES string of the molecule is COc1ccc(-c2cnc3c(c2)c(-c2cnn(C(c4ccccc4)(c4ccccc4)c4ccccc4)c2)cn3S(=O)(=O)c2ccccc2)cc1. The van der Waals surface area contributed by atoms with E-state index in [1.807, 2.05) is 95.8 Å². The summed E-state index contributed by atoms with van der Waals surface area (Å²) in [6.45, 7) is 0. The Kier molecular flexibility index (Phi) is 7.85. The molecule has 244 valence electrons. The highest BCUT2D eigenvalue weighted by atomic mass is 32.2. The molecule has 3 aromatic heterocycles. The number of nitrogens with zero attached hydrogens (tertiary/aromatic N) is 4. The molecule has 3 heterocycles. The van der Waals surface area contributed by atoms with Gasteiger partial charge < -0.3 is 4.74 Å². The first-order chi connectivity index (χ1) is 24.5. The van der Waals surface area contributed by atoms with Gasteiger partial charge in [-0.1, -0.05) is 121 Å². The Bertz CT molecular complexity index is 2420. The summed E-state index contributed by atoms with van der Waals surface area (Å²) in [5, 5.41) is 5.74. The molecule has 5 aromatic carbocycles. The molecule has 0 radical (unpaired) electrons. The smallest absolute Gasteiger partial charge is 0.269 e. The molecule has 0 atom stereocenters. The first-order valence-electron chi connectivity index (χ1n) is 16.2. The van der Waals surface area contributed by atoms with E-state index in [1.54, 1.807) is 56.0 Å². The predicted molar refractivity (Wildman–Crippen MR) is 197 cm³/mol. The second-order valence-corrected chi connectivity index (χ2v) is 13.8. The summed E-state index contributed by atoms with van der Waals surface area (Å²) in [6, 6.07) is 49.1. The predicted octanol–water partition coefficient (Wildman–Crippen LogP) is 8.65. The van der Waals surface area contributed by atoms with E-state index in [0.29, 0.717) is 16.6 Å².